The third-order valence-electron chi connectivity index (χ3n) is 2.98. The number of aromatic nitrogens is 2. The highest BCUT2D eigenvalue weighted by atomic mass is 79.9. The van der Waals surface area contributed by atoms with Crippen LogP contribution in [-0.4, -0.2) is 27.5 Å². The second-order valence-electron chi connectivity index (χ2n) is 4.51. The highest BCUT2D eigenvalue weighted by Gasteiger charge is 2.13. The summed E-state index contributed by atoms with van der Waals surface area (Å²) >= 11 is 3.26. The number of anilines is 1. The van der Waals surface area contributed by atoms with Crippen LogP contribution in [0.15, 0.2) is 45.8 Å². The fraction of sp³-hybridized carbons (Fsp3) is 0.286. The van der Waals surface area contributed by atoms with Gasteiger partial charge in [-0.3, -0.25) is 4.79 Å². The molecule has 5 nitrogen and oxygen atoms in total. The first-order valence-corrected chi connectivity index (χ1v) is 7.04. The number of aryl methyl sites for hydroxylation is 1. The zero-order valence-corrected chi connectivity index (χ0v) is 12.7. The standard InChI is InChI=1S/C14H16BrN3O2/c1-18-14(20)13(15)12(8-16-18)17-11(9-19)7-10-5-3-2-4-6-10/h2-6,8,11,17,19H,7,9H2,1H3. The van der Waals surface area contributed by atoms with E-state index in [9.17, 15) is 9.90 Å². The van der Waals surface area contributed by atoms with Crippen LogP contribution in [0.25, 0.3) is 0 Å². The molecule has 1 aromatic carbocycles. The zero-order valence-electron chi connectivity index (χ0n) is 11.1. The molecular formula is C14H16BrN3O2. The molecule has 6 heteroatoms. The molecule has 1 aromatic heterocycles. The summed E-state index contributed by atoms with van der Waals surface area (Å²) in [5, 5.41) is 16.6. The normalized spacial score (nSPS) is 12.2. The van der Waals surface area contributed by atoms with Crippen molar-refractivity contribution in [3.05, 3.63) is 56.9 Å². The topological polar surface area (TPSA) is 67.2 Å². The van der Waals surface area contributed by atoms with Crippen molar-refractivity contribution in [2.75, 3.05) is 11.9 Å². The molecule has 1 heterocycles. The van der Waals surface area contributed by atoms with Gasteiger partial charge in [0.1, 0.15) is 4.47 Å². The van der Waals surface area contributed by atoms with Crippen molar-refractivity contribution in [2.45, 2.75) is 12.5 Å². The predicted molar refractivity (Wildman–Crippen MR) is 81.8 cm³/mol. The van der Waals surface area contributed by atoms with Crippen molar-refractivity contribution >= 4 is 21.6 Å². The number of hydrogen-bond acceptors (Lipinski definition) is 4. The SMILES string of the molecule is Cn1ncc(NC(CO)Cc2ccccc2)c(Br)c1=O. The van der Waals surface area contributed by atoms with E-state index in [1.807, 2.05) is 30.3 Å². The maximum Gasteiger partial charge on any atom is 0.282 e. The van der Waals surface area contributed by atoms with Gasteiger partial charge in [0, 0.05) is 7.05 Å². The number of aliphatic hydroxyl groups is 1. The molecule has 1 atom stereocenters. The highest BCUT2D eigenvalue weighted by Crippen LogP contribution is 2.18. The number of aliphatic hydroxyl groups excluding tert-OH is 1. The monoisotopic (exact) mass is 337 g/mol. The van der Waals surface area contributed by atoms with E-state index < -0.39 is 0 Å². The summed E-state index contributed by atoms with van der Waals surface area (Å²) in [6, 6.07) is 9.69. The van der Waals surface area contributed by atoms with Crippen LogP contribution in [0.2, 0.25) is 0 Å². The second-order valence-corrected chi connectivity index (χ2v) is 5.31. The van der Waals surface area contributed by atoms with Crippen LogP contribution < -0.4 is 10.9 Å². The lowest BCUT2D eigenvalue weighted by molar-refractivity contribution is 0.273. The molecule has 2 N–H and O–H groups in total. The molecule has 0 amide bonds. The average Bonchev–Trinajstić information content (AvgIpc) is 2.48. The molecule has 0 saturated heterocycles. The molecule has 0 radical (unpaired) electrons. The van der Waals surface area contributed by atoms with Crippen LogP contribution in [0.1, 0.15) is 5.56 Å². The Kier molecular flexibility index (Phi) is 4.92. The van der Waals surface area contributed by atoms with Crippen LogP contribution in [0, 0.1) is 0 Å². The molecule has 0 saturated carbocycles. The van der Waals surface area contributed by atoms with Gasteiger partial charge in [-0.05, 0) is 27.9 Å². The van der Waals surface area contributed by atoms with Crippen molar-refractivity contribution < 1.29 is 5.11 Å². The van der Waals surface area contributed by atoms with E-state index in [0.717, 1.165) is 5.56 Å². The molecule has 0 fully saturated rings. The maximum atomic E-state index is 11.8. The minimum absolute atomic E-state index is 0.0312. The number of nitrogens with zero attached hydrogens (tertiary/aromatic N) is 2. The van der Waals surface area contributed by atoms with Crippen LogP contribution in [0.3, 0.4) is 0 Å². The summed E-state index contributed by atoms with van der Waals surface area (Å²) in [5.41, 5.74) is 1.49. The Morgan fingerprint density at radius 1 is 1.40 bits per heavy atom. The van der Waals surface area contributed by atoms with Gasteiger partial charge in [0.15, 0.2) is 0 Å². The Bertz CT molecular complexity index is 628. The quantitative estimate of drug-likeness (QED) is 0.868. The summed E-state index contributed by atoms with van der Waals surface area (Å²) in [6.07, 6.45) is 2.23. The fourth-order valence-corrected chi connectivity index (χ4v) is 2.36. The lowest BCUT2D eigenvalue weighted by Gasteiger charge is -2.18. The Morgan fingerprint density at radius 2 is 2.10 bits per heavy atom. The molecule has 0 bridgehead atoms. The van der Waals surface area contributed by atoms with Crippen molar-refractivity contribution in [3.63, 3.8) is 0 Å². The maximum absolute atomic E-state index is 11.8. The molecule has 1 unspecified atom stereocenters. The largest absolute Gasteiger partial charge is 0.394 e. The molecular weight excluding hydrogens is 322 g/mol. The Hall–Kier alpha value is -1.66. The predicted octanol–water partition coefficient (Wildman–Crippen LogP) is 1.56. The summed E-state index contributed by atoms with van der Waals surface area (Å²) in [6.45, 7) is -0.0312. The number of benzene rings is 1. The van der Waals surface area contributed by atoms with E-state index in [1.165, 1.54) is 4.68 Å². The van der Waals surface area contributed by atoms with Crippen molar-refractivity contribution in [1.29, 1.82) is 0 Å². The molecule has 0 aliphatic carbocycles. The van der Waals surface area contributed by atoms with Gasteiger partial charge in [-0.1, -0.05) is 30.3 Å². The van der Waals surface area contributed by atoms with Gasteiger partial charge in [0.25, 0.3) is 5.56 Å². The van der Waals surface area contributed by atoms with Gasteiger partial charge >= 0.3 is 0 Å². The Morgan fingerprint density at radius 3 is 2.75 bits per heavy atom. The molecule has 106 valence electrons. The van der Waals surface area contributed by atoms with Gasteiger partial charge in [-0.2, -0.15) is 5.10 Å². The average molecular weight is 338 g/mol. The molecule has 0 aliphatic rings. The van der Waals surface area contributed by atoms with Crippen LogP contribution in [0.5, 0.6) is 0 Å². The van der Waals surface area contributed by atoms with Crippen LogP contribution >= 0.6 is 15.9 Å². The summed E-state index contributed by atoms with van der Waals surface area (Å²) in [5.74, 6) is 0. The summed E-state index contributed by atoms with van der Waals surface area (Å²) in [4.78, 5) is 11.8. The summed E-state index contributed by atoms with van der Waals surface area (Å²) in [7, 11) is 1.59. The fourth-order valence-electron chi connectivity index (χ4n) is 1.89. The minimum Gasteiger partial charge on any atom is -0.394 e. The lowest BCUT2D eigenvalue weighted by Crippen LogP contribution is -2.29. The third-order valence-corrected chi connectivity index (χ3v) is 3.75. The molecule has 0 spiro atoms. The van der Waals surface area contributed by atoms with Gasteiger partial charge < -0.3 is 10.4 Å². The summed E-state index contributed by atoms with van der Waals surface area (Å²) < 4.78 is 1.67. The van der Waals surface area contributed by atoms with E-state index in [2.05, 4.69) is 26.3 Å². The van der Waals surface area contributed by atoms with E-state index >= 15 is 0 Å². The van der Waals surface area contributed by atoms with Crippen molar-refractivity contribution in [3.8, 4) is 0 Å². The smallest absolute Gasteiger partial charge is 0.282 e. The first kappa shape index (κ1) is 14.7. The van der Waals surface area contributed by atoms with Crippen molar-refractivity contribution in [2.24, 2.45) is 7.05 Å². The van der Waals surface area contributed by atoms with Gasteiger partial charge in [-0.15, -0.1) is 0 Å². The van der Waals surface area contributed by atoms with Gasteiger partial charge in [0.05, 0.1) is 24.5 Å². The molecule has 2 rings (SSSR count). The number of halogens is 1. The van der Waals surface area contributed by atoms with E-state index in [4.69, 9.17) is 0 Å². The highest BCUT2D eigenvalue weighted by molar-refractivity contribution is 9.10. The zero-order chi connectivity index (χ0) is 14.5. The van der Waals surface area contributed by atoms with E-state index in [1.54, 1.807) is 13.2 Å². The number of hydrogen-bond donors (Lipinski definition) is 2. The van der Waals surface area contributed by atoms with Gasteiger partial charge in [-0.25, -0.2) is 4.68 Å². The van der Waals surface area contributed by atoms with Gasteiger partial charge in [0.2, 0.25) is 0 Å². The first-order valence-electron chi connectivity index (χ1n) is 6.25. The Labute approximate surface area is 125 Å². The minimum atomic E-state index is -0.216. The lowest BCUT2D eigenvalue weighted by atomic mass is 10.1. The first-order chi connectivity index (χ1) is 9.61. The van der Waals surface area contributed by atoms with Crippen LogP contribution in [0.4, 0.5) is 5.69 Å². The second kappa shape index (κ2) is 6.67. The van der Waals surface area contributed by atoms with E-state index in [-0.39, 0.29) is 18.2 Å². The van der Waals surface area contributed by atoms with E-state index in [0.29, 0.717) is 16.6 Å². The van der Waals surface area contributed by atoms with Crippen molar-refractivity contribution in [1.82, 2.24) is 9.78 Å². The molecule has 0 aliphatic heterocycles. The Balaban J connectivity index is 2.15. The molecule has 2 aromatic rings. The number of rotatable bonds is 5. The molecule has 20 heavy (non-hydrogen) atoms. The third kappa shape index (κ3) is 3.46. The number of nitrogens with one attached hydrogen (secondary N) is 1. The van der Waals surface area contributed by atoms with Crippen LogP contribution in [-0.2, 0) is 13.5 Å².